The van der Waals surface area contributed by atoms with E-state index < -0.39 is 17.5 Å². The molecule has 0 saturated heterocycles. The van der Waals surface area contributed by atoms with E-state index in [-0.39, 0.29) is 12.2 Å². The molecule has 1 aromatic carbocycles. The molecule has 3 aromatic rings. The molecule has 0 aliphatic heterocycles. The lowest BCUT2D eigenvalue weighted by Crippen LogP contribution is -2.05. The second kappa shape index (κ2) is 5.67. The van der Waals surface area contributed by atoms with Gasteiger partial charge in [-0.05, 0) is 17.7 Å². The average Bonchev–Trinajstić information content (AvgIpc) is 2.94. The molecule has 0 amide bonds. The maximum atomic E-state index is 12.6. The third kappa shape index (κ3) is 3.28. The first kappa shape index (κ1) is 14.9. The predicted molar refractivity (Wildman–Crippen MR) is 72.4 cm³/mol. The van der Waals surface area contributed by atoms with Gasteiger partial charge >= 0.3 is 11.9 Å². The molecule has 0 spiro atoms. The summed E-state index contributed by atoms with van der Waals surface area (Å²) in [4.78, 5) is 21.6. The zero-order valence-electron chi connectivity index (χ0n) is 11.5. The van der Waals surface area contributed by atoms with E-state index in [0.29, 0.717) is 17.0 Å². The van der Waals surface area contributed by atoms with Crippen molar-refractivity contribution in [1.29, 1.82) is 0 Å². The van der Waals surface area contributed by atoms with Crippen LogP contribution in [0.5, 0.6) is 0 Å². The number of rotatable bonds is 3. The fraction of sp³-hybridized carbons (Fsp3) is 0.143. The van der Waals surface area contributed by atoms with E-state index in [1.54, 1.807) is 0 Å². The molecule has 1 N–H and O–H groups in total. The number of aromatic amines is 1. The van der Waals surface area contributed by atoms with E-state index in [1.165, 1.54) is 24.5 Å². The summed E-state index contributed by atoms with van der Waals surface area (Å²) in [6.07, 6.45) is -1.29. The number of hydrogen-bond acceptors (Lipinski definition) is 5. The number of halogens is 3. The number of hydrogen-bond donors (Lipinski definition) is 1. The van der Waals surface area contributed by atoms with Crippen LogP contribution in [0.15, 0.2) is 46.0 Å². The van der Waals surface area contributed by atoms with Crippen LogP contribution in [0.2, 0.25) is 0 Å². The summed E-state index contributed by atoms with van der Waals surface area (Å²) in [7, 11) is 0. The SMILES string of the molecule is O=c1[nH]c(-c2nccnc2Cc2ccc(C(F)(F)F)cc2)no1. The lowest BCUT2D eigenvalue weighted by atomic mass is 10.1. The van der Waals surface area contributed by atoms with Crippen molar-refractivity contribution in [1.82, 2.24) is 20.1 Å². The number of H-pyrrole nitrogens is 1. The summed E-state index contributed by atoms with van der Waals surface area (Å²) in [5, 5.41) is 3.54. The molecule has 0 bridgehead atoms. The second-order valence-corrected chi connectivity index (χ2v) is 4.67. The predicted octanol–water partition coefficient (Wildman–Crippen LogP) is 2.43. The van der Waals surface area contributed by atoms with Crippen molar-refractivity contribution >= 4 is 0 Å². The number of alkyl halides is 3. The number of nitrogens with one attached hydrogen (secondary N) is 1. The summed E-state index contributed by atoms with van der Waals surface area (Å²) in [5.41, 5.74) is 0.655. The molecule has 2 aromatic heterocycles. The zero-order valence-corrected chi connectivity index (χ0v) is 11.5. The van der Waals surface area contributed by atoms with Crippen molar-refractivity contribution in [2.75, 3.05) is 0 Å². The van der Waals surface area contributed by atoms with Crippen LogP contribution in [-0.4, -0.2) is 20.1 Å². The van der Waals surface area contributed by atoms with Gasteiger partial charge in [0.1, 0.15) is 5.69 Å². The Balaban J connectivity index is 1.90. The van der Waals surface area contributed by atoms with Gasteiger partial charge in [0.2, 0.25) is 5.82 Å². The maximum absolute atomic E-state index is 12.6. The third-order valence-corrected chi connectivity index (χ3v) is 3.09. The molecule has 0 saturated carbocycles. The van der Waals surface area contributed by atoms with Crippen LogP contribution < -0.4 is 5.76 Å². The molecule has 23 heavy (non-hydrogen) atoms. The van der Waals surface area contributed by atoms with Crippen molar-refractivity contribution in [3.63, 3.8) is 0 Å². The monoisotopic (exact) mass is 322 g/mol. The van der Waals surface area contributed by atoms with Gasteiger partial charge < -0.3 is 0 Å². The van der Waals surface area contributed by atoms with Crippen LogP contribution in [0, 0.1) is 0 Å². The molecule has 0 atom stereocenters. The van der Waals surface area contributed by atoms with Gasteiger partial charge in [-0.25, -0.2) is 9.78 Å². The summed E-state index contributed by atoms with van der Waals surface area (Å²) in [6, 6.07) is 4.74. The Morgan fingerprint density at radius 2 is 1.78 bits per heavy atom. The fourth-order valence-electron chi connectivity index (χ4n) is 2.03. The first-order chi connectivity index (χ1) is 10.9. The third-order valence-electron chi connectivity index (χ3n) is 3.09. The molecule has 0 radical (unpaired) electrons. The molecular weight excluding hydrogens is 313 g/mol. The lowest BCUT2D eigenvalue weighted by Gasteiger charge is -2.08. The van der Waals surface area contributed by atoms with Crippen molar-refractivity contribution in [2.45, 2.75) is 12.6 Å². The van der Waals surface area contributed by atoms with Gasteiger partial charge in [0.15, 0.2) is 0 Å². The Kier molecular flexibility index (Phi) is 3.68. The van der Waals surface area contributed by atoms with Crippen molar-refractivity contribution in [3.8, 4) is 11.5 Å². The summed E-state index contributed by atoms with van der Waals surface area (Å²) < 4.78 is 42.1. The van der Waals surface area contributed by atoms with Crippen molar-refractivity contribution in [2.24, 2.45) is 0 Å². The van der Waals surface area contributed by atoms with E-state index >= 15 is 0 Å². The van der Waals surface area contributed by atoms with Crippen LogP contribution in [-0.2, 0) is 12.6 Å². The summed E-state index contributed by atoms with van der Waals surface area (Å²) >= 11 is 0. The van der Waals surface area contributed by atoms with Crippen LogP contribution >= 0.6 is 0 Å². The van der Waals surface area contributed by atoms with Gasteiger partial charge in [-0.15, -0.1) is 0 Å². The second-order valence-electron chi connectivity index (χ2n) is 4.67. The maximum Gasteiger partial charge on any atom is 0.439 e. The van der Waals surface area contributed by atoms with Gasteiger partial charge in [0.05, 0.1) is 11.3 Å². The summed E-state index contributed by atoms with van der Waals surface area (Å²) in [6.45, 7) is 0. The zero-order chi connectivity index (χ0) is 16.4. The molecule has 3 rings (SSSR count). The minimum Gasteiger partial charge on any atom is -0.296 e. The Morgan fingerprint density at radius 3 is 2.39 bits per heavy atom. The Bertz CT molecular complexity index is 868. The van der Waals surface area contributed by atoms with Gasteiger partial charge in [-0.2, -0.15) is 13.2 Å². The van der Waals surface area contributed by atoms with Gasteiger partial charge in [0, 0.05) is 18.8 Å². The largest absolute Gasteiger partial charge is 0.439 e. The quantitative estimate of drug-likeness (QED) is 0.800. The normalized spacial score (nSPS) is 11.6. The number of benzene rings is 1. The molecule has 9 heteroatoms. The van der Waals surface area contributed by atoms with E-state index in [9.17, 15) is 18.0 Å². The minimum absolute atomic E-state index is 0.116. The highest BCUT2D eigenvalue weighted by molar-refractivity contribution is 5.52. The highest BCUT2D eigenvalue weighted by atomic mass is 19.4. The van der Waals surface area contributed by atoms with Crippen LogP contribution in [0.4, 0.5) is 13.2 Å². The Hall–Kier alpha value is -2.97. The topological polar surface area (TPSA) is 84.7 Å². The molecule has 0 unspecified atom stereocenters. The highest BCUT2D eigenvalue weighted by Gasteiger charge is 2.29. The van der Waals surface area contributed by atoms with E-state index in [2.05, 4.69) is 24.6 Å². The van der Waals surface area contributed by atoms with Gasteiger partial charge in [-0.1, -0.05) is 17.3 Å². The standard InChI is InChI=1S/C14H9F3N4O2/c15-14(16,17)9-3-1-8(2-4-9)7-10-11(19-6-5-18-10)12-20-13(22)23-21-12/h1-6H,7H2,(H,20,21,22). The Labute approximate surface area is 127 Å². The van der Waals surface area contributed by atoms with Crippen LogP contribution in [0.3, 0.4) is 0 Å². The highest BCUT2D eigenvalue weighted by Crippen LogP contribution is 2.29. The van der Waals surface area contributed by atoms with Crippen LogP contribution in [0.25, 0.3) is 11.5 Å². The molecule has 2 heterocycles. The van der Waals surface area contributed by atoms with Crippen molar-refractivity contribution < 1.29 is 17.7 Å². The first-order valence-corrected chi connectivity index (χ1v) is 6.46. The number of nitrogens with zero attached hydrogens (tertiary/aromatic N) is 3. The molecule has 0 aliphatic rings. The molecule has 118 valence electrons. The molecule has 0 aliphatic carbocycles. The van der Waals surface area contributed by atoms with Gasteiger partial charge in [-0.3, -0.25) is 14.5 Å². The van der Waals surface area contributed by atoms with E-state index in [0.717, 1.165) is 12.1 Å². The molecule has 0 fully saturated rings. The van der Waals surface area contributed by atoms with Crippen LogP contribution in [0.1, 0.15) is 16.8 Å². The Morgan fingerprint density at radius 1 is 1.09 bits per heavy atom. The summed E-state index contributed by atoms with van der Waals surface area (Å²) in [5.74, 6) is -0.615. The van der Waals surface area contributed by atoms with Gasteiger partial charge in [0.25, 0.3) is 0 Å². The molecule has 6 nitrogen and oxygen atoms in total. The fourth-order valence-corrected chi connectivity index (χ4v) is 2.03. The smallest absolute Gasteiger partial charge is 0.296 e. The van der Waals surface area contributed by atoms with E-state index in [4.69, 9.17) is 0 Å². The number of aromatic nitrogens is 4. The van der Waals surface area contributed by atoms with E-state index in [1.807, 2.05) is 0 Å². The average molecular weight is 322 g/mol. The van der Waals surface area contributed by atoms with Crippen molar-refractivity contribution in [3.05, 3.63) is 64.0 Å². The molecular formula is C14H9F3N4O2. The lowest BCUT2D eigenvalue weighted by molar-refractivity contribution is -0.137. The first-order valence-electron chi connectivity index (χ1n) is 6.46. The minimum atomic E-state index is -4.38.